The highest BCUT2D eigenvalue weighted by Gasteiger charge is 2.09. The SMILES string of the molecule is COc1cc(C(O)CC#N)cc(C)n1. The maximum atomic E-state index is 9.56. The van der Waals surface area contributed by atoms with Crippen LogP contribution in [0.15, 0.2) is 12.1 Å². The van der Waals surface area contributed by atoms with Crippen LogP contribution in [0.4, 0.5) is 0 Å². The zero-order chi connectivity index (χ0) is 10.6. The van der Waals surface area contributed by atoms with Gasteiger partial charge in [-0.1, -0.05) is 0 Å². The molecular weight excluding hydrogens is 180 g/mol. The summed E-state index contributed by atoms with van der Waals surface area (Å²) in [5.74, 6) is 0.456. The Morgan fingerprint density at radius 2 is 2.36 bits per heavy atom. The van der Waals surface area contributed by atoms with Crippen molar-refractivity contribution in [3.63, 3.8) is 0 Å². The van der Waals surface area contributed by atoms with Crippen molar-refractivity contribution in [3.8, 4) is 11.9 Å². The molecule has 0 radical (unpaired) electrons. The quantitative estimate of drug-likeness (QED) is 0.784. The van der Waals surface area contributed by atoms with Gasteiger partial charge in [0.1, 0.15) is 0 Å². The highest BCUT2D eigenvalue weighted by molar-refractivity contribution is 5.26. The van der Waals surface area contributed by atoms with Crippen molar-refractivity contribution >= 4 is 0 Å². The van der Waals surface area contributed by atoms with Gasteiger partial charge >= 0.3 is 0 Å². The van der Waals surface area contributed by atoms with Gasteiger partial charge in [-0.05, 0) is 18.6 Å². The van der Waals surface area contributed by atoms with Crippen LogP contribution in [0.5, 0.6) is 5.88 Å². The number of aliphatic hydroxyl groups excluding tert-OH is 1. The van der Waals surface area contributed by atoms with E-state index in [1.807, 2.05) is 13.0 Å². The molecule has 4 nitrogen and oxygen atoms in total. The molecule has 1 aromatic heterocycles. The first-order valence-electron chi connectivity index (χ1n) is 4.25. The van der Waals surface area contributed by atoms with Crippen LogP contribution in [-0.4, -0.2) is 17.2 Å². The number of nitriles is 1. The highest BCUT2D eigenvalue weighted by atomic mass is 16.5. The maximum Gasteiger partial charge on any atom is 0.213 e. The lowest BCUT2D eigenvalue weighted by atomic mass is 10.1. The van der Waals surface area contributed by atoms with Crippen LogP contribution in [-0.2, 0) is 0 Å². The molecule has 1 atom stereocenters. The number of hydrogen-bond donors (Lipinski definition) is 1. The first kappa shape index (κ1) is 10.5. The molecule has 1 unspecified atom stereocenters. The van der Waals surface area contributed by atoms with E-state index in [9.17, 15) is 5.11 Å². The average molecular weight is 192 g/mol. The van der Waals surface area contributed by atoms with E-state index in [1.54, 1.807) is 12.1 Å². The predicted octanol–water partition coefficient (Wildman–Crippen LogP) is 1.35. The van der Waals surface area contributed by atoms with Crippen molar-refractivity contribution < 1.29 is 9.84 Å². The second kappa shape index (κ2) is 4.58. The largest absolute Gasteiger partial charge is 0.481 e. The monoisotopic (exact) mass is 192 g/mol. The number of hydrogen-bond acceptors (Lipinski definition) is 4. The maximum absolute atomic E-state index is 9.56. The molecule has 0 amide bonds. The minimum absolute atomic E-state index is 0.0760. The van der Waals surface area contributed by atoms with E-state index in [4.69, 9.17) is 10.00 Å². The second-order valence-corrected chi connectivity index (χ2v) is 2.96. The van der Waals surface area contributed by atoms with Gasteiger partial charge in [0.05, 0.1) is 25.7 Å². The topological polar surface area (TPSA) is 66.1 Å². The average Bonchev–Trinajstić information content (AvgIpc) is 2.17. The predicted molar refractivity (Wildman–Crippen MR) is 50.7 cm³/mol. The molecule has 0 aliphatic heterocycles. The minimum atomic E-state index is -0.768. The molecule has 0 aliphatic carbocycles. The normalized spacial score (nSPS) is 11.9. The molecule has 4 heteroatoms. The van der Waals surface area contributed by atoms with Gasteiger partial charge in [0, 0.05) is 11.8 Å². The number of aryl methyl sites for hydroxylation is 1. The van der Waals surface area contributed by atoms with Gasteiger partial charge in [0.2, 0.25) is 5.88 Å². The summed E-state index contributed by atoms with van der Waals surface area (Å²) >= 11 is 0. The summed E-state index contributed by atoms with van der Waals surface area (Å²) in [7, 11) is 1.52. The fourth-order valence-corrected chi connectivity index (χ4v) is 1.17. The van der Waals surface area contributed by atoms with Gasteiger partial charge < -0.3 is 9.84 Å². The van der Waals surface area contributed by atoms with Crippen molar-refractivity contribution in [2.75, 3.05) is 7.11 Å². The Kier molecular flexibility index (Phi) is 3.43. The van der Waals surface area contributed by atoms with Crippen LogP contribution in [0.2, 0.25) is 0 Å². The molecule has 1 rings (SSSR count). The van der Waals surface area contributed by atoms with Gasteiger partial charge in [0.15, 0.2) is 0 Å². The Hall–Kier alpha value is -1.60. The number of methoxy groups -OCH3 is 1. The van der Waals surface area contributed by atoms with Crippen molar-refractivity contribution in [1.82, 2.24) is 4.98 Å². The van der Waals surface area contributed by atoms with E-state index < -0.39 is 6.10 Å². The van der Waals surface area contributed by atoms with E-state index in [-0.39, 0.29) is 6.42 Å². The summed E-state index contributed by atoms with van der Waals surface area (Å²) < 4.78 is 4.96. The number of aliphatic hydroxyl groups is 1. The molecular formula is C10H12N2O2. The zero-order valence-corrected chi connectivity index (χ0v) is 8.19. The lowest BCUT2D eigenvalue weighted by Crippen LogP contribution is -1.99. The molecule has 0 spiro atoms. The van der Waals surface area contributed by atoms with Gasteiger partial charge in [0.25, 0.3) is 0 Å². The van der Waals surface area contributed by atoms with Crippen LogP contribution in [0, 0.1) is 18.3 Å². The number of rotatable bonds is 3. The summed E-state index contributed by atoms with van der Waals surface area (Å²) in [5, 5.41) is 18.0. The van der Waals surface area contributed by atoms with Gasteiger partial charge in [-0.15, -0.1) is 0 Å². The lowest BCUT2D eigenvalue weighted by molar-refractivity contribution is 0.182. The molecule has 0 saturated carbocycles. The summed E-state index contributed by atoms with van der Waals surface area (Å²) in [6.07, 6.45) is -0.692. The van der Waals surface area contributed by atoms with E-state index >= 15 is 0 Å². The Morgan fingerprint density at radius 1 is 1.64 bits per heavy atom. The fourth-order valence-electron chi connectivity index (χ4n) is 1.17. The van der Waals surface area contributed by atoms with Crippen molar-refractivity contribution in [3.05, 3.63) is 23.4 Å². The Morgan fingerprint density at radius 3 is 2.93 bits per heavy atom. The third kappa shape index (κ3) is 2.44. The van der Waals surface area contributed by atoms with Crippen LogP contribution in [0.3, 0.4) is 0 Å². The van der Waals surface area contributed by atoms with Crippen LogP contribution < -0.4 is 4.74 Å². The minimum Gasteiger partial charge on any atom is -0.481 e. The molecule has 0 saturated heterocycles. The van der Waals surface area contributed by atoms with Crippen LogP contribution in [0.25, 0.3) is 0 Å². The highest BCUT2D eigenvalue weighted by Crippen LogP contribution is 2.20. The van der Waals surface area contributed by atoms with Crippen LogP contribution in [0.1, 0.15) is 23.8 Å². The number of nitrogens with zero attached hydrogens (tertiary/aromatic N) is 2. The second-order valence-electron chi connectivity index (χ2n) is 2.96. The van der Waals surface area contributed by atoms with E-state index in [1.165, 1.54) is 7.11 Å². The Balaban J connectivity index is 2.97. The molecule has 0 aliphatic rings. The first-order chi connectivity index (χ1) is 6.67. The summed E-state index contributed by atoms with van der Waals surface area (Å²) in [5.41, 5.74) is 1.42. The number of pyridine rings is 1. The summed E-state index contributed by atoms with van der Waals surface area (Å²) in [6, 6.07) is 5.29. The molecule has 1 aromatic rings. The number of ether oxygens (including phenoxy) is 1. The Bertz CT molecular complexity index is 358. The lowest BCUT2D eigenvalue weighted by Gasteiger charge is -2.09. The molecule has 0 aromatic carbocycles. The van der Waals surface area contributed by atoms with E-state index in [0.717, 1.165) is 5.69 Å². The fraction of sp³-hybridized carbons (Fsp3) is 0.400. The zero-order valence-electron chi connectivity index (χ0n) is 8.19. The molecule has 0 bridgehead atoms. The number of aromatic nitrogens is 1. The van der Waals surface area contributed by atoms with Gasteiger partial charge in [-0.2, -0.15) is 5.26 Å². The van der Waals surface area contributed by atoms with E-state index in [2.05, 4.69) is 4.98 Å². The molecule has 0 fully saturated rings. The molecule has 1 N–H and O–H groups in total. The van der Waals surface area contributed by atoms with Crippen LogP contribution >= 0.6 is 0 Å². The van der Waals surface area contributed by atoms with Gasteiger partial charge in [-0.25, -0.2) is 4.98 Å². The summed E-state index contributed by atoms with van der Waals surface area (Å²) in [4.78, 5) is 4.08. The van der Waals surface area contributed by atoms with Gasteiger partial charge in [-0.3, -0.25) is 0 Å². The first-order valence-corrected chi connectivity index (χ1v) is 4.25. The standard InChI is InChI=1S/C10H12N2O2/c1-7-5-8(9(13)3-4-11)6-10(12-7)14-2/h5-6,9,13H,3H2,1-2H3. The van der Waals surface area contributed by atoms with Crippen molar-refractivity contribution in [1.29, 1.82) is 5.26 Å². The third-order valence-corrected chi connectivity index (χ3v) is 1.83. The van der Waals surface area contributed by atoms with Crippen molar-refractivity contribution in [2.45, 2.75) is 19.4 Å². The van der Waals surface area contributed by atoms with Crippen molar-refractivity contribution in [2.24, 2.45) is 0 Å². The molecule has 74 valence electrons. The molecule has 1 heterocycles. The smallest absolute Gasteiger partial charge is 0.213 e. The Labute approximate surface area is 82.8 Å². The molecule has 14 heavy (non-hydrogen) atoms. The third-order valence-electron chi connectivity index (χ3n) is 1.83. The van der Waals surface area contributed by atoms with E-state index in [0.29, 0.717) is 11.4 Å². The summed E-state index contributed by atoms with van der Waals surface area (Å²) in [6.45, 7) is 1.81.